The second-order valence-electron chi connectivity index (χ2n) is 8.30. The number of nitrogens with zero attached hydrogens (tertiary/aromatic N) is 1. The summed E-state index contributed by atoms with van der Waals surface area (Å²) in [7, 11) is 0. The van der Waals surface area contributed by atoms with E-state index >= 15 is 0 Å². The highest BCUT2D eigenvalue weighted by Gasteiger charge is 2.04. The van der Waals surface area contributed by atoms with E-state index in [0.29, 0.717) is 0 Å². The van der Waals surface area contributed by atoms with Crippen LogP contribution in [0, 0.1) is 0 Å². The Labute approximate surface area is 174 Å². The van der Waals surface area contributed by atoms with Gasteiger partial charge < -0.3 is 0 Å². The van der Waals surface area contributed by atoms with Gasteiger partial charge in [-0.15, -0.1) is 0 Å². The Bertz CT molecular complexity index is 587. The van der Waals surface area contributed by atoms with Crippen LogP contribution in [0.1, 0.15) is 102 Å². The van der Waals surface area contributed by atoms with Crippen LogP contribution in [0.5, 0.6) is 0 Å². The van der Waals surface area contributed by atoms with E-state index < -0.39 is 0 Å². The van der Waals surface area contributed by atoms with Crippen LogP contribution in [-0.2, 0) is 6.42 Å². The molecule has 1 aromatic heterocycles. The lowest BCUT2D eigenvalue weighted by Gasteiger charge is -2.04. The van der Waals surface area contributed by atoms with Gasteiger partial charge in [0.05, 0.1) is 0 Å². The Morgan fingerprint density at radius 2 is 1.00 bits per heavy atom. The van der Waals surface area contributed by atoms with Crippen LogP contribution in [0.15, 0.2) is 54.9 Å². The van der Waals surface area contributed by atoms with E-state index in [9.17, 15) is 0 Å². The Hall–Kier alpha value is -1.63. The second kappa shape index (κ2) is 15.3. The third kappa shape index (κ3) is 10.1. The summed E-state index contributed by atoms with van der Waals surface area (Å²) >= 11 is 0. The Balaban J connectivity index is 1.41. The first-order valence-electron chi connectivity index (χ1n) is 12.0. The summed E-state index contributed by atoms with van der Waals surface area (Å²) in [6.07, 6.45) is 25.6. The first-order valence-corrected chi connectivity index (χ1v) is 12.0. The lowest BCUT2D eigenvalue weighted by Crippen LogP contribution is -2.29. The minimum atomic E-state index is 1.22. The number of hydrogen-bond donors (Lipinski definition) is 0. The summed E-state index contributed by atoms with van der Waals surface area (Å²) in [4.78, 5) is 0. The van der Waals surface area contributed by atoms with Gasteiger partial charge in [-0.25, -0.2) is 0 Å². The van der Waals surface area contributed by atoms with Crippen molar-refractivity contribution < 1.29 is 4.57 Å². The first-order chi connectivity index (χ1) is 13.9. The molecule has 0 N–H and O–H groups in total. The standard InChI is InChI=1S/C27H42N/c1-2-3-4-5-6-7-8-9-10-11-12-13-14-16-19-26-22-24-28(25-23-26)27-20-17-15-18-21-27/h15,17-18,20-25H,2-14,16,19H2,1H3/q+1. The lowest BCUT2D eigenvalue weighted by molar-refractivity contribution is -0.595. The molecule has 0 aliphatic rings. The molecule has 0 aliphatic carbocycles. The van der Waals surface area contributed by atoms with Crippen LogP contribution in [0.25, 0.3) is 5.69 Å². The molecule has 0 amide bonds. The average molecular weight is 381 g/mol. The zero-order valence-corrected chi connectivity index (χ0v) is 18.2. The molecule has 0 atom stereocenters. The van der Waals surface area contributed by atoms with Crippen LogP contribution in [0.4, 0.5) is 0 Å². The van der Waals surface area contributed by atoms with Gasteiger partial charge in [-0.1, -0.05) is 109 Å². The Kier molecular flexibility index (Phi) is 12.4. The average Bonchev–Trinajstić information content (AvgIpc) is 2.75. The molecule has 0 fully saturated rings. The molecule has 0 aliphatic heterocycles. The van der Waals surface area contributed by atoms with Crippen molar-refractivity contribution in [2.24, 2.45) is 0 Å². The van der Waals surface area contributed by atoms with E-state index in [0.717, 1.165) is 0 Å². The van der Waals surface area contributed by atoms with Crippen LogP contribution >= 0.6 is 0 Å². The maximum atomic E-state index is 2.29. The minimum absolute atomic E-state index is 1.22. The lowest BCUT2D eigenvalue weighted by atomic mass is 10.0. The number of pyridine rings is 1. The van der Waals surface area contributed by atoms with E-state index in [1.54, 1.807) is 0 Å². The zero-order valence-electron chi connectivity index (χ0n) is 18.2. The summed E-state index contributed by atoms with van der Waals surface area (Å²) < 4.78 is 2.19. The number of aryl methyl sites for hydroxylation is 1. The Morgan fingerprint density at radius 3 is 1.50 bits per heavy atom. The summed E-state index contributed by atoms with van der Waals surface area (Å²) in [6.45, 7) is 2.29. The molecular weight excluding hydrogens is 338 g/mol. The van der Waals surface area contributed by atoms with Crippen molar-refractivity contribution in [2.45, 2.75) is 103 Å². The fourth-order valence-electron chi connectivity index (χ4n) is 3.92. The second-order valence-corrected chi connectivity index (χ2v) is 8.30. The maximum Gasteiger partial charge on any atom is 0.210 e. The van der Waals surface area contributed by atoms with Gasteiger partial charge in [-0.3, -0.25) is 0 Å². The molecule has 0 unspecified atom stereocenters. The highest BCUT2D eigenvalue weighted by Crippen LogP contribution is 2.13. The summed E-state index contributed by atoms with van der Waals surface area (Å²) in [5, 5.41) is 0. The fourth-order valence-corrected chi connectivity index (χ4v) is 3.92. The third-order valence-corrected chi connectivity index (χ3v) is 5.77. The predicted molar refractivity (Wildman–Crippen MR) is 122 cm³/mol. The number of para-hydroxylation sites is 1. The first kappa shape index (κ1) is 22.7. The van der Waals surface area contributed by atoms with E-state index in [2.05, 4.69) is 66.3 Å². The number of unbranched alkanes of at least 4 members (excludes halogenated alkanes) is 13. The van der Waals surface area contributed by atoms with Crippen molar-refractivity contribution in [3.8, 4) is 5.69 Å². The van der Waals surface area contributed by atoms with Gasteiger partial charge in [-0.2, -0.15) is 4.57 Å². The van der Waals surface area contributed by atoms with Crippen molar-refractivity contribution in [1.29, 1.82) is 0 Å². The molecule has 1 nitrogen and oxygen atoms in total. The highest BCUT2D eigenvalue weighted by molar-refractivity contribution is 5.21. The SMILES string of the molecule is CCCCCCCCCCCCCCCCc1cc[n+](-c2ccccc2)cc1. The van der Waals surface area contributed by atoms with E-state index in [4.69, 9.17) is 0 Å². The molecule has 1 heterocycles. The molecule has 1 aromatic carbocycles. The van der Waals surface area contributed by atoms with Gasteiger partial charge in [0.25, 0.3) is 0 Å². The van der Waals surface area contributed by atoms with Crippen LogP contribution < -0.4 is 4.57 Å². The Morgan fingerprint density at radius 1 is 0.536 bits per heavy atom. The predicted octanol–water partition coefficient (Wildman–Crippen LogP) is 7.99. The van der Waals surface area contributed by atoms with E-state index in [1.165, 1.54) is 108 Å². The van der Waals surface area contributed by atoms with Crippen LogP contribution in [0.3, 0.4) is 0 Å². The molecule has 0 radical (unpaired) electrons. The molecular formula is C27H42N+. The molecule has 28 heavy (non-hydrogen) atoms. The maximum absolute atomic E-state index is 2.29. The minimum Gasteiger partial charge on any atom is -0.167 e. The number of rotatable bonds is 16. The summed E-state index contributed by atoms with van der Waals surface area (Å²) in [5.74, 6) is 0. The molecule has 0 spiro atoms. The number of hydrogen-bond acceptors (Lipinski definition) is 0. The van der Waals surface area contributed by atoms with Crippen molar-refractivity contribution in [2.75, 3.05) is 0 Å². The van der Waals surface area contributed by atoms with Gasteiger partial charge in [0.1, 0.15) is 0 Å². The highest BCUT2D eigenvalue weighted by atomic mass is 14.9. The van der Waals surface area contributed by atoms with Crippen LogP contribution in [0.2, 0.25) is 0 Å². The van der Waals surface area contributed by atoms with Crippen molar-refractivity contribution in [3.05, 3.63) is 60.4 Å². The smallest absolute Gasteiger partial charge is 0.167 e. The van der Waals surface area contributed by atoms with Gasteiger partial charge in [0.2, 0.25) is 5.69 Å². The van der Waals surface area contributed by atoms with Crippen molar-refractivity contribution >= 4 is 0 Å². The molecule has 0 saturated heterocycles. The fraction of sp³-hybridized carbons (Fsp3) is 0.593. The van der Waals surface area contributed by atoms with Crippen LogP contribution in [-0.4, -0.2) is 0 Å². The molecule has 2 aromatic rings. The summed E-state index contributed by atoms with van der Waals surface area (Å²) in [6, 6.07) is 15.1. The van der Waals surface area contributed by atoms with Crippen molar-refractivity contribution in [1.82, 2.24) is 0 Å². The van der Waals surface area contributed by atoms with Gasteiger partial charge in [-0.05, 0) is 18.4 Å². The van der Waals surface area contributed by atoms with Crippen molar-refractivity contribution in [3.63, 3.8) is 0 Å². The summed E-state index contributed by atoms with van der Waals surface area (Å²) in [5.41, 5.74) is 2.69. The van der Waals surface area contributed by atoms with Gasteiger partial charge >= 0.3 is 0 Å². The van der Waals surface area contributed by atoms with Gasteiger partial charge in [0, 0.05) is 24.3 Å². The van der Waals surface area contributed by atoms with E-state index in [-0.39, 0.29) is 0 Å². The topological polar surface area (TPSA) is 3.88 Å². The number of aromatic nitrogens is 1. The largest absolute Gasteiger partial charge is 0.210 e. The monoisotopic (exact) mass is 380 g/mol. The molecule has 1 heteroatoms. The molecule has 0 bridgehead atoms. The third-order valence-electron chi connectivity index (χ3n) is 5.77. The molecule has 2 rings (SSSR count). The molecule has 154 valence electrons. The number of benzene rings is 1. The zero-order chi connectivity index (χ0) is 19.7. The van der Waals surface area contributed by atoms with E-state index in [1.807, 2.05) is 0 Å². The quantitative estimate of drug-likeness (QED) is 0.205. The normalized spacial score (nSPS) is 11.0. The molecule has 0 saturated carbocycles. The van der Waals surface area contributed by atoms with Gasteiger partial charge in [0.15, 0.2) is 12.4 Å².